The van der Waals surface area contributed by atoms with Gasteiger partial charge in [-0.05, 0) is 43.3 Å². The van der Waals surface area contributed by atoms with Gasteiger partial charge in [-0.2, -0.15) is 10.2 Å². The predicted octanol–water partition coefficient (Wildman–Crippen LogP) is 2.43. The Bertz CT molecular complexity index is 969. The fraction of sp³-hybridized carbons (Fsp3) is 0.158. The number of carbonyl (C=O) groups excluding carboxylic acids is 2. The average Bonchev–Trinajstić information content (AvgIpc) is 3.30. The molecule has 0 fully saturated rings. The van der Waals surface area contributed by atoms with Gasteiger partial charge in [0.15, 0.2) is 5.69 Å². The Morgan fingerprint density at radius 1 is 1.22 bits per heavy atom. The summed E-state index contributed by atoms with van der Waals surface area (Å²) in [6, 6.07) is 8.70. The molecule has 8 nitrogen and oxygen atoms in total. The molecule has 0 aliphatic rings. The highest BCUT2D eigenvalue weighted by Gasteiger charge is 2.10. The van der Waals surface area contributed by atoms with Crippen LogP contribution in [-0.2, 0) is 16.6 Å². The molecule has 3 aromatic rings. The van der Waals surface area contributed by atoms with Crippen LogP contribution in [-0.4, -0.2) is 38.0 Å². The molecule has 0 unspecified atom stereocenters. The number of carbonyl (C=O) groups is 2. The first-order chi connectivity index (χ1) is 13.0. The minimum Gasteiger partial charge on any atom is -0.461 e. The molecule has 0 spiro atoms. The number of aromatic nitrogens is 4. The van der Waals surface area contributed by atoms with Gasteiger partial charge in [0.1, 0.15) is 0 Å². The molecule has 1 N–H and O–H groups in total. The van der Waals surface area contributed by atoms with Crippen molar-refractivity contribution in [3.63, 3.8) is 0 Å². The number of ether oxygens (including phenoxy) is 1. The largest absolute Gasteiger partial charge is 0.461 e. The molecule has 2 aromatic heterocycles. The minimum atomic E-state index is -0.458. The van der Waals surface area contributed by atoms with E-state index in [0.29, 0.717) is 12.3 Å². The number of benzene rings is 1. The van der Waals surface area contributed by atoms with Crippen molar-refractivity contribution >= 4 is 23.6 Å². The Morgan fingerprint density at radius 2 is 2.00 bits per heavy atom. The van der Waals surface area contributed by atoms with Crippen LogP contribution in [0.15, 0.2) is 55.0 Å². The lowest BCUT2D eigenvalue weighted by atomic mass is 10.2. The van der Waals surface area contributed by atoms with Gasteiger partial charge in [0.2, 0.25) is 5.91 Å². The van der Waals surface area contributed by atoms with E-state index in [1.165, 1.54) is 6.08 Å². The third kappa shape index (κ3) is 4.69. The number of anilines is 1. The van der Waals surface area contributed by atoms with Gasteiger partial charge >= 0.3 is 5.97 Å². The van der Waals surface area contributed by atoms with Crippen molar-refractivity contribution < 1.29 is 14.3 Å². The van der Waals surface area contributed by atoms with E-state index in [4.69, 9.17) is 4.74 Å². The number of hydrogen-bond acceptors (Lipinski definition) is 5. The Balaban J connectivity index is 1.62. The molecule has 0 bridgehead atoms. The van der Waals surface area contributed by atoms with Gasteiger partial charge in [-0.3, -0.25) is 9.48 Å². The molecular formula is C19H19N5O3. The van der Waals surface area contributed by atoms with Crippen LogP contribution in [0.2, 0.25) is 0 Å². The lowest BCUT2D eigenvalue weighted by Gasteiger charge is -2.05. The summed E-state index contributed by atoms with van der Waals surface area (Å²) in [4.78, 5) is 23.7. The zero-order valence-electron chi connectivity index (χ0n) is 15.0. The van der Waals surface area contributed by atoms with Crippen LogP contribution in [0.25, 0.3) is 11.8 Å². The molecule has 3 rings (SSSR count). The monoisotopic (exact) mass is 365 g/mol. The van der Waals surface area contributed by atoms with Crippen molar-refractivity contribution in [2.75, 3.05) is 11.9 Å². The Kier molecular flexibility index (Phi) is 5.46. The SMILES string of the molecule is CCOC(=O)c1ccn(-c2ccc(NC(=O)/C=C/c3cnn(C)c3)cc2)n1. The van der Waals surface area contributed by atoms with Gasteiger partial charge in [-0.1, -0.05) is 0 Å². The maximum absolute atomic E-state index is 12.0. The molecule has 2 heterocycles. The molecule has 1 aromatic carbocycles. The van der Waals surface area contributed by atoms with Crippen LogP contribution in [0.4, 0.5) is 5.69 Å². The van der Waals surface area contributed by atoms with E-state index >= 15 is 0 Å². The molecule has 0 atom stereocenters. The summed E-state index contributed by atoms with van der Waals surface area (Å²) >= 11 is 0. The number of aryl methyl sites for hydroxylation is 1. The predicted molar refractivity (Wildman–Crippen MR) is 100 cm³/mol. The fourth-order valence-electron chi connectivity index (χ4n) is 2.36. The molecule has 138 valence electrons. The molecule has 1 amide bonds. The highest BCUT2D eigenvalue weighted by Crippen LogP contribution is 2.14. The van der Waals surface area contributed by atoms with Gasteiger partial charge in [-0.25, -0.2) is 9.48 Å². The van der Waals surface area contributed by atoms with E-state index < -0.39 is 5.97 Å². The second-order valence-electron chi connectivity index (χ2n) is 5.68. The second-order valence-corrected chi connectivity index (χ2v) is 5.68. The van der Waals surface area contributed by atoms with Gasteiger partial charge in [0.05, 0.1) is 18.5 Å². The van der Waals surface area contributed by atoms with Crippen LogP contribution in [0, 0.1) is 0 Å². The number of amides is 1. The van der Waals surface area contributed by atoms with Crippen molar-refractivity contribution in [3.05, 3.63) is 66.3 Å². The summed E-state index contributed by atoms with van der Waals surface area (Å²) < 4.78 is 8.16. The maximum Gasteiger partial charge on any atom is 0.358 e. The fourth-order valence-corrected chi connectivity index (χ4v) is 2.36. The molecule has 0 radical (unpaired) electrons. The molecular weight excluding hydrogens is 346 g/mol. The topological polar surface area (TPSA) is 91.0 Å². The van der Waals surface area contributed by atoms with E-state index in [2.05, 4.69) is 15.5 Å². The van der Waals surface area contributed by atoms with Crippen molar-refractivity contribution in [1.29, 1.82) is 0 Å². The smallest absolute Gasteiger partial charge is 0.358 e. The number of rotatable bonds is 6. The summed E-state index contributed by atoms with van der Waals surface area (Å²) in [7, 11) is 1.81. The quantitative estimate of drug-likeness (QED) is 0.535. The van der Waals surface area contributed by atoms with Gasteiger partial charge in [0, 0.05) is 36.8 Å². The number of hydrogen-bond donors (Lipinski definition) is 1. The lowest BCUT2D eigenvalue weighted by Crippen LogP contribution is -2.08. The van der Waals surface area contributed by atoms with E-state index in [-0.39, 0.29) is 11.6 Å². The van der Waals surface area contributed by atoms with Crippen LogP contribution < -0.4 is 5.32 Å². The van der Waals surface area contributed by atoms with Crippen molar-refractivity contribution in [2.45, 2.75) is 6.92 Å². The standard InChI is InChI=1S/C19H19N5O3/c1-3-27-19(26)17-10-11-24(22-17)16-7-5-15(6-8-16)21-18(25)9-4-14-12-20-23(2)13-14/h4-13H,3H2,1-2H3,(H,21,25)/b9-4+. The van der Waals surface area contributed by atoms with Crippen molar-refractivity contribution in [3.8, 4) is 5.69 Å². The molecule has 0 saturated heterocycles. The van der Waals surface area contributed by atoms with Gasteiger partial charge in [0.25, 0.3) is 0 Å². The van der Waals surface area contributed by atoms with E-state index in [1.807, 2.05) is 13.2 Å². The van der Waals surface area contributed by atoms with E-state index in [9.17, 15) is 9.59 Å². The third-order valence-corrected chi connectivity index (χ3v) is 3.63. The zero-order chi connectivity index (χ0) is 19.2. The average molecular weight is 365 g/mol. The third-order valence-electron chi connectivity index (χ3n) is 3.63. The van der Waals surface area contributed by atoms with Gasteiger partial charge in [-0.15, -0.1) is 0 Å². The molecule has 8 heteroatoms. The molecule has 0 aliphatic heterocycles. The summed E-state index contributed by atoms with van der Waals surface area (Å²) in [6.07, 6.45) is 8.30. The summed E-state index contributed by atoms with van der Waals surface area (Å²) in [5.41, 5.74) is 2.50. The lowest BCUT2D eigenvalue weighted by molar-refractivity contribution is -0.111. The normalized spacial score (nSPS) is 10.9. The zero-order valence-corrected chi connectivity index (χ0v) is 15.0. The summed E-state index contributed by atoms with van der Waals surface area (Å²) in [6.45, 7) is 2.04. The second kappa shape index (κ2) is 8.13. The number of nitrogens with one attached hydrogen (secondary N) is 1. The first-order valence-corrected chi connectivity index (χ1v) is 8.36. The molecule has 0 aliphatic carbocycles. The number of esters is 1. The summed E-state index contributed by atoms with van der Waals surface area (Å²) in [5, 5.41) is 11.0. The Morgan fingerprint density at radius 3 is 2.67 bits per heavy atom. The Labute approximate surface area is 156 Å². The minimum absolute atomic E-state index is 0.240. The first-order valence-electron chi connectivity index (χ1n) is 8.36. The van der Waals surface area contributed by atoms with E-state index in [0.717, 1.165) is 11.3 Å². The highest BCUT2D eigenvalue weighted by atomic mass is 16.5. The van der Waals surface area contributed by atoms with Gasteiger partial charge < -0.3 is 10.1 Å². The van der Waals surface area contributed by atoms with Crippen LogP contribution in [0.1, 0.15) is 23.0 Å². The molecule has 0 saturated carbocycles. The van der Waals surface area contributed by atoms with E-state index in [1.54, 1.807) is 65.1 Å². The van der Waals surface area contributed by atoms with Crippen LogP contribution in [0.5, 0.6) is 0 Å². The van der Waals surface area contributed by atoms with Crippen LogP contribution in [0.3, 0.4) is 0 Å². The number of nitrogens with zero attached hydrogens (tertiary/aromatic N) is 4. The van der Waals surface area contributed by atoms with Crippen molar-refractivity contribution in [1.82, 2.24) is 19.6 Å². The molecule has 27 heavy (non-hydrogen) atoms. The Hall–Kier alpha value is -3.68. The van der Waals surface area contributed by atoms with Crippen molar-refractivity contribution in [2.24, 2.45) is 7.05 Å². The first kappa shape index (κ1) is 18.1. The summed E-state index contributed by atoms with van der Waals surface area (Å²) in [5.74, 6) is -0.698. The highest BCUT2D eigenvalue weighted by molar-refractivity contribution is 6.01. The van der Waals surface area contributed by atoms with Crippen LogP contribution >= 0.6 is 0 Å². The maximum atomic E-state index is 12.0.